The molecule has 3 rings (SSSR count). The zero-order valence-electron chi connectivity index (χ0n) is 16.1. The number of hydrogen-bond acceptors (Lipinski definition) is 7. The first-order valence-corrected chi connectivity index (χ1v) is 9.82. The smallest absolute Gasteiger partial charge is 0.230 e. The lowest BCUT2D eigenvalue weighted by molar-refractivity contribution is -0.114. The monoisotopic (exact) mass is 405 g/mol. The Kier molecular flexibility index (Phi) is 6.25. The number of hydrogen-bond donors (Lipinski definition) is 2. The van der Waals surface area contributed by atoms with Gasteiger partial charge in [0, 0.05) is 57.0 Å². The molecule has 9 heteroatoms. The molecule has 0 saturated carbocycles. The van der Waals surface area contributed by atoms with Crippen LogP contribution in [0.2, 0.25) is 0 Å². The van der Waals surface area contributed by atoms with Gasteiger partial charge in [-0.2, -0.15) is 9.37 Å². The Bertz CT molecular complexity index is 885. The molecule has 0 unspecified atom stereocenters. The van der Waals surface area contributed by atoms with Crippen molar-refractivity contribution in [1.29, 1.82) is 0 Å². The van der Waals surface area contributed by atoms with Crippen LogP contribution in [-0.2, 0) is 11.3 Å². The molecule has 0 spiro atoms. The third-order valence-corrected chi connectivity index (χ3v) is 5.50. The van der Waals surface area contributed by atoms with Crippen LogP contribution < -0.4 is 15.8 Å². The quantitative estimate of drug-likeness (QED) is 0.569. The SMILES string of the molecule is CN=Cc1cc(O[C@@H]2C[C@H](C)N(Cc3sc(NC(C)=O)nc3F)C2)ccc1N. The van der Waals surface area contributed by atoms with Gasteiger partial charge in [-0.1, -0.05) is 11.3 Å². The standard InChI is InChI=1S/C19H24FN5O2S/c1-11-6-15(27-14-4-5-16(21)13(7-14)8-22-3)9-25(11)10-17-18(20)24-19(28-17)23-12(2)26/h4-5,7-8,11,15H,6,9-10,21H2,1-3H3,(H,23,24,26)/t11-,15+/m0/s1. The normalized spacial score (nSPS) is 20.0. The van der Waals surface area contributed by atoms with Gasteiger partial charge in [0.05, 0.1) is 4.88 Å². The fraction of sp³-hybridized carbons (Fsp3) is 0.421. The number of halogens is 1. The van der Waals surface area contributed by atoms with Crippen molar-refractivity contribution >= 4 is 34.3 Å². The van der Waals surface area contributed by atoms with Crippen LogP contribution in [-0.4, -0.2) is 47.7 Å². The summed E-state index contributed by atoms with van der Waals surface area (Å²) >= 11 is 1.16. The summed E-state index contributed by atoms with van der Waals surface area (Å²) in [6.07, 6.45) is 2.53. The topological polar surface area (TPSA) is 92.8 Å². The fourth-order valence-corrected chi connectivity index (χ4v) is 4.15. The number of anilines is 2. The second-order valence-corrected chi connectivity index (χ2v) is 7.93. The van der Waals surface area contributed by atoms with E-state index in [0.29, 0.717) is 23.7 Å². The summed E-state index contributed by atoms with van der Waals surface area (Å²) in [5.74, 6) is -0.0632. The lowest BCUT2D eigenvalue weighted by atomic mass is 10.2. The van der Waals surface area contributed by atoms with E-state index in [0.717, 1.165) is 29.1 Å². The van der Waals surface area contributed by atoms with Crippen LogP contribution in [0.15, 0.2) is 23.2 Å². The van der Waals surface area contributed by atoms with E-state index in [2.05, 4.69) is 27.1 Å². The summed E-state index contributed by atoms with van der Waals surface area (Å²) in [6, 6.07) is 5.76. The Morgan fingerprint density at radius 1 is 1.57 bits per heavy atom. The molecular formula is C19H24FN5O2S. The highest BCUT2D eigenvalue weighted by molar-refractivity contribution is 7.15. The Morgan fingerprint density at radius 2 is 2.36 bits per heavy atom. The highest BCUT2D eigenvalue weighted by Gasteiger charge is 2.31. The number of carbonyl (C=O) groups excluding carboxylic acids is 1. The molecular weight excluding hydrogens is 381 g/mol. The van der Waals surface area contributed by atoms with Gasteiger partial charge in [0.25, 0.3) is 0 Å². The molecule has 1 aliphatic rings. The van der Waals surface area contributed by atoms with Crippen molar-refractivity contribution in [3.05, 3.63) is 34.6 Å². The molecule has 150 valence electrons. The molecule has 7 nitrogen and oxygen atoms in total. The van der Waals surface area contributed by atoms with Gasteiger partial charge in [0.15, 0.2) is 5.13 Å². The van der Waals surface area contributed by atoms with E-state index in [1.54, 1.807) is 19.3 Å². The number of aliphatic imine (C=N–C) groups is 1. The number of nitrogen functional groups attached to an aromatic ring is 1. The van der Waals surface area contributed by atoms with Crippen LogP contribution in [0.3, 0.4) is 0 Å². The van der Waals surface area contributed by atoms with E-state index >= 15 is 0 Å². The molecule has 1 aromatic carbocycles. The number of thiazole rings is 1. The number of rotatable bonds is 6. The largest absolute Gasteiger partial charge is 0.489 e. The van der Waals surface area contributed by atoms with Gasteiger partial charge in [-0.15, -0.1) is 0 Å². The maximum absolute atomic E-state index is 14.1. The molecule has 1 fully saturated rings. The second-order valence-electron chi connectivity index (χ2n) is 6.85. The van der Waals surface area contributed by atoms with Crippen LogP contribution in [0.4, 0.5) is 15.2 Å². The highest BCUT2D eigenvalue weighted by atomic mass is 32.1. The lowest BCUT2D eigenvalue weighted by Gasteiger charge is -2.19. The molecule has 2 atom stereocenters. The Hall–Kier alpha value is -2.52. The molecule has 0 radical (unpaired) electrons. The van der Waals surface area contributed by atoms with Crippen LogP contribution in [0.5, 0.6) is 5.75 Å². The molecule has 2 aromatic rings. The molecule has 1 saturated heterocycles. The maximum atomic E-state index is 14.1. The van der Waals surface area contributed by atoms with Crippen molar-refractivity contribution in [3.8, 4) is 5.75 Å². The van der Waals surface area contributed by atoms with Crippen molar-refractivity contribution < 1.29 is 13.9 Å². The van der Waals surface area contributed by atoms with Gasteiger partial charge in [0.2, 0.25) is 11.9 Å². The molecule has 1 aliphatic heterocycles. The molecule has 1 aromatic heterocycles. The van der Waals surface area contributed by atoms with Crippen LogP contribution in [0.25, 0.3) is 0 Å². The minimum atomic E-state index is -0.535. The highest BCUT2D eigenvalue weighted by Crippen LogP contribution is 2.29. The van der Waals surface area contributed by atoms with Gasteiger partial charge >= 0.3 is 0 Å². The molecule has 0 bridgehead atoms. The molecule has 0 aliphatic carbocycles. The molecule has 1 amide bonds. The average molecular weight is 405 g/mol. The van der Waals surface area contributed by atoms with E-state index in [9.17, 15) is 9.18 Å². The third kappa shape index (κ3) is 4.85. The summed E-state index contributed by atoms with van der Waals surface area (Å²) in [5.41, 5.74) is 7.41. The number of nitrogens with zero attached hydrogens (tertiary/aromatic N) is 3. The number of nitrogens with one attached hydrogen (secondary N) is 1. The maximum Gasteiger partial charge on any atom is 0.230 e. The zero-order valence-corrected chi connectivity index (χ0v) is 16.9. The summed E-state index contributed by atoms with van der Waals surface area (Å²) in [7, 11) is 1.69. The van der Waals surface area contributed by atoms with Crippen LogP contribution >= 0.6 is 11.3 Å². The van der Waals surface area contributed by atoms with E-state index in [1.807, 2.05) is 12.1 Å². The number of nitrogens with two attached hydrogens (primary N) is 1. The van der Waals surface area contributed by atoms with Gasteiger partial charge in [-0.3, -0.25) is 14.7 Å². The summed E-state index contributed by atoms with van der Waals surface area (Å²) in [5, 5.41) is 2.81. The number of likely N-dealkylation sites (tertiary alicyclic amines) is 1. The second kappa shape index (κ2) is 8.66. The number of ether oxygens (including phenoxy) is 1. The predicted molar refractivity (Wildman–Crippen MR) is 110 cm³/mol. The van der Waals surface area contributed by atoms with E-state index in [-0.39, 0.29) is 23.2 Å². The summed E-state index contributed by atoms with van der Waals surface area (Å²) < 4.78 is 20.2. The van der Waals surface area contributed by atoms with Crippen molar-refractivity contribution in [2.45, 2.75) is 39.0 Å². The van der Waals surface area contributed by atoms with Crippen LogP contribution in [0, 0.1) is 5.95 Å². The first kappa shape index (κ1) is 20.2. The van der Waals surface area contributed by atoms with Gasteiger partial charge in [-0.25, -0.2) is 0 Å². The third-order valence-electron chi connectivity index (χ3n) is 4.57. The summed E-state index contributed by atoms with van der Waals surface area (Å²) in [6.45, 7) is 4.57. The molecule has 2 heterocycles. The minimum absolute atomic E-state index is 0.00385. The average Bonchev–Trinajstić information content (AvgIpc) is 3.13. The van der Waals surface area contributed by atoms with Gasteiger partial charge in [-0.05, 0) is 25.1 Å². The zero-order chi connectivity index (χ0) is 20.3. The van der Waals surface area contributed by atoms with Crippen molar-refractivity contribution in [2.24, 2.45) is 4.99 Å². The first-order valence-electron chi connectivity index (χ1n) is 9.01. The van der Waals surface area contributed by atoms with Crippen molar-refractivity contribution in [1.82, 2.24) is 9.88 Å². The Labute approximate surface area is 167 Å². The predicted octanol–water partition coefficient (Wildman–Crippen LogP) is 2.91. The Morgan fingerprint density at radius 3 is 3.07 bits per heavy atom. The number of amides is 1. The number of carbonyl (C=O) groups is 1. The fourth-order valence-electron chi connectivity index (χ4n) is 3.24. The molecule has 28 heavy (non-hydrogen) atoms. The number of aromatic nitrogens is 1. The summed E-state index contributed by atoms with van der Waals surface area (Å²) in [4.78, 5) is 21.6. The number of benzene rings is 1. The lowest BCUT2D eigenvalue weighted by Crippen LogP contribution is -2.28. The van der Waals surface area contributed by atoms with Gasteiger partial charge < -0.3 is 15.8 Å². The first-order chi connectivity index (χ1) is 13.4. The van der Waals surface area contributed by atoms with Crippen molar-refractivity contribution in [2.75, 3.05) is 24.6 Å². The van der Waals surface area contributed by atoms with Crippen molar-refractivity contribution in [3.63, 3.8) is 0 Å². The Balaban J connectivity index is 1.64. The van der Waals surface area contributed by atoms with Gasteiger partial charge in [0.1, 0.15) is 11.9 Å². The van der Waals surface area contributed by atoms with Crippen LogP contribution in [0.1, 0.15) is 30.7 Å². The van der Waals surface area contributed by atoms with E-state index in [1.165, 1.54) is 6.92 Å². The minimum Gasteiger partial charge on any atom is -0.489 e. The molecule has 3 N–H and O–H groups in total. The van der Waals surface area contributed by atoms with E-state index < -0.39 is 5.95 Å². The van der Waals surface area contributed by atoms with E-state index in [4.69, 9.17) is 10.5 Å².